The van der Waals surface area contributed by atoms with E-state index in [-0.39, 0.29) is 11.7 Å². The number of hydrogen-bond donors (Lipinski definition) is 1. The zero-order valence-electron chi connectivity index (χ0n) is 12.7. The second kappa shape index (κ2) is 7.41. The number of ether oxygens (including phenoxy) is 1. The summed E-state index contributed by atoms with van der Waals surface area (Å²) in [7, 11) is 3.11. The third-order valence-corrected chi connectivity index (χ3v) is 4.12. The maximum Gasteiger partial charge on any atom is 0.226 e. The van der Waals surface area contributed by atoms with Crippen LogP contribution in [-0.4, -0.2) is 33.2 Å². The number of methoxy groups -OCH3 is 1. The van der Waals surface area contributed by atoms with Gasteiger partial charge in [-0.1, -0.05) is 0 Å². The van der Waals surface area contributed by atoms with Gasteiger partial charge in [0, 0.05) is 25.2 Å². The normalized spacial score (nSPS) is 15.8. The van der Waals surface area contributed by atoms with Crippen molar-refractivity contribution in [3.8, 4) is 5.75 Å². The fraction of sp³-hybridized carbons (Fsp3) is 0.562. The molecule has 0 bridgehead atoms. The van der Waals surface area contributed by atoms with Gasteiger partial charge in [0.15, 0.2) is 11.6 Å². The summed E-state index contributed by atoms with van der Waals surface area (Å²) in [5.74, 6) is 0.386. The third kappa shape index (κ3) is 4.17. The van der Waals surface area contributed by atoms with E-state index in [0.717, 1.165) is 32.4 Å². The average Bonchev–Trinajstić information content (AvgIpc) is 2.52. The van der Waals surface area contributed by atoms with Gasteiger partial charge in [-0.15, -0.1) is 0 Å². The van der Waals surface area contributed by atoms with Crippen molar-refractivity contribution in [2.45, 2.75) is 25.7 Å². The molecule has 1 aromatic carbocycles. The Morgan fingerprint density at radius 3 is 2.76 bits per heavy atom. The molecular weight excluding hydrogens is 271 g/mol. The van der Waals surface area contributed by atoms with Crippen LogP contribution in [0.5, 0.6) is 5.75 Å². The Labute approximate surface area is 125 Å². The standard InChI is InChI=1S/C16H23FN2O2/c1-19(13-4-5-15(21-2)14(17)11-13)16(20)6-3-12-7-9-18-10-8-12/h4-5,11-12,18H,3,6-10H2,1-2H3. The van der Waals surface area contributed by atoms with E-state index in [1.54, 1.807) is 19.2 Å². The zero-order chi connectivity index (χ0) is 15.2. The van der Waals surface area contributed by atoms with Crippen molar-refractivity contribution >= 4 is 11.6 Å². The second-order valence-electron chi connectivity index (χ2n) is 5.50. The van der Waals surface area contributed by atoms with Gasteiger partial charge in [0.1, 0.15) is 0 Å². The predicted molar refractivity (Wildman–Crippen MR) is 81.2 cm³/mol. The lowest BCUT2D eigenvalue weighted by Gasteiger charge is -2.23. The number of nitrogens with zero attached hydrogens (tertiary/aromatic N) is 1. The van der Waals surface area contributed by atoms with Gasteiger partial charge < -0.3 is 15.0 Å². The molecule has 0 aromatic heterocycles. The topological polar surface area (TPSA) is 41.6 Å². The van der Waals surface area contributed by atoms with Crippen LogP contribution in [-0.2, 0) is 4.79 Å². The van der Waals surface area contributed by atoms with Crippen LogP contribution in [0.4, 0.5) is 10.1 Å². The van der Waals surface area contributed by atoms with Crippen molar-refractivity contribution in [1.29, 1.82) is 0 Å². The van der Waals surface area contributed by atoms with Crippen LogP contribution in [0.2, 0.25) is 0 Å². The number of amides is 1. The van der Waals surface area contributed by atoms with Crippen LogP contribution in [0.3, 0.4) is 0 Å². The first-order valence-electron chi connectivity index (χ1n) is 7.42. The molecule has 2 rings (SSSR count). The molecule has 1 fully saturated rings. The molecule has 1 heterocycles. The molecule has 0 spiro atoms. The van der Waals surface area contributed by atoms with E-state index in [1.165, 1.54) is 18.1 Å². The Morgan fingerprint density at radius 1 is 1.43 bits per heavy atom. The van der Waals surface area contributed by atoms with Crippen molar-refractivity contribution in [3.05, 3.63) is 24.0 Å². The molecule has 1 aliphatic rings. The van der Waals surface area contributed by atoms with Crippen LogP contribution in [0.25, 0.3) is 0 Å². The van der Waals surface area contributed by atoms with E-state index in [1.807, 2.05) is 0 Å². The van der Waals surface area contributed by atoms with Gasteiger partial charge in [0.2, 0.25) is 5.91 Å². The summed E-state index contributed by atoms with van der Waals surface area (Å²) in [4.78, 5) is 13.7. The first-order valence-corrected chi connectivity index (χ1v) is 7.42. The molecule has 0 aliphatic carbocycles. The quantitative estimate of drug-likeness (QED) is 0.907. The number of hydrogen-bond acceptors (Lipinski definition) is 3. The van der Waals surface area contributed by atoms with Gasteiger partial charge >= 0.3 is 0 Å². The van der Waals surface area contributed by atoms with Crippen LogP contribution in [0, 0.1) is 11.7 Å². The van der Waals surface area contributed by atoms with E-state index < -0.39 is 5.82 Å². The number of carbonyl (C=O) groups excluding carboxylic acids is 1. The number of piperidine rings is 1. The molecule has 1 aliphatic heterocycles. The average molecular weight is 294 g/mol. The van der Waals surface area contributed by atoms with Crippen LogP contribution in [0.1, 0.15) is 25.7 Å². The number of benzene rings is 1. The van der Waals surface area contributed by atoms with Gasteiger partial charge in [0.05, 0.1) is 7.11 Å². The Balaban J connectivity index is 1.90. The van der Waals surface area contributed by atoms with Gasteiger partial charge in [-0.05, 0) is 50.4 Å². The Hall–Kier alpha value is -1.62. The number of rotatable bonds is 5. The highest BCUT2D eigenvalue weighted by Crippen LogP contribution is 2.24. The molecule has 1 saturated heterocycles. The first kappa shape index (κ1) is 15.8. The summed E-state index contributed by atoms with van der Waals surface area (Å²) in [6.45, 7) is 2.08. The molecule has 0 saturated carbocycles. The molecule has 1 amide bonds. The van der Waals surface area contributed by atoms with Crippen molar-refractivity contribution in [2.24, 2.45) is 5.92 Å². The molecule has 4 nitrogen and oxygen atoms in total. The zero-order valence-corrected chi connectivity index (χ0v) is 12.7. The minimum absolute atomic E-state index is 0.0260. The summed E-state index contributed by atoms with van der Waals surface area (Å²) in [5.41, 5.74) is 0.559. The monoisotopic (exact) mass is 294 g/mol. The minimum Gasteiger partial charge on any atom is -0.494 e. The minimum atomic E-state index is -0.451. The predicted octanol–water partition coefficient (Wildman–Crippen LogP) is 2.58. The highest BCUT2D eigenvalue weighted by molar-refractivity contribution is 5.92. The molecule has 21 heavy (non-hydrogen) atoms. The highest BCUT2D eigenvalue weighted by Gasteiger charge is 2.17. The maximum absolute atomic E-state index is 13.7. The van der Waals surface area contributed by atoms with Crippen molar-refractivity contribution in [3.63, 3.8) is 0 Å². The maximum atomic E-state index is 13.7. The fourth-order valence-corrected chi connectivity index (χ4v) is 2.67. The van der Waals surface area contributed by atoms with Crippen molar-refractivity contribution in [2.75, 3.05) is 32.1 Å². The Bertz CT molecular complexity index is 487. The van der Waals surface area contributed by atoms with Crippen LogP contribution < -0.4 is 15.0 Å². The molecular formula is C16H23FN2O2. The van der Waals surface area contributed by atoms with Crippen molar-refractivity contribution < 1.29 is 13.9 Å². The molecule has 1 N–H and O–H groups in total. The van der Waals surface area contributed by atoms with Gasteiger partial charge in [-0.25, -0.2) is 4.39 Å². The van der Waals surface area contributed by atoms with E-state index >= 15 is 0 Å². The summed E-state index contributed by atoms with van der Waals surface area (Å²) in [6.07, 6.45) is 3.68. The Kier molecular flexibility index (Phi) is 5.56. The summed E-state index contributed by atoms with van der Waals surface area (Å²) in [6, 6.07) is 4.58. The lowest BCUT2D eigenvalue weighted by atomic mass is 9.93. The lowest BCUT2D eigenvalue weighted by Crippen LogP contribution is -2.30. The molecule has 116 valence electrons. The largest absolute Gasteiger partial charge is 0.494 e. The third-order valence-electron chi connectivity index (χ3n) is 4.12. The smallest absolute Gasteiger partial charge is 0.226 e. The van der Waals surface area contributed by atoms with Crippen molar-refractivity contribution in [1.82, 2.24) is 5.32 Å². The first-order chi connectivity index (χ1) is 10.1. The van der Waals surface area contributed by atoms with E-state index in [2.05, 4.69) is 5.32 Å². The summed E-state index contributed by atoms with van der Waals surface area (Å²) in [5, 5.41) is 3.32. The highest BCUT2D eigenvalue weighted by atomic mass is 19.1. The molecule has 0 radical (unpaired) electrons. The summed E-state index contributed by atoms with van der Waals surface area (Å²) < 4.78 is 18.6. The number of anilines is 1. The molecule has 1 aromatic rings. The second-order valence-corrected chi connectivity index (χ2v) is 5.50. The SMILES string of the molecule is COc1ccc(N(C)C(=O)CCC2CCNCC2)cc1F. The number of nitrogens with one attached hydrogen (secondary N) is 1. The lowest BCUT2D eigenvalue weighted by molar-refractivity contribution is -0.118. The molecule has 5 heteroatoms. The fourth-order valence-electron chi connectivity index (χ4n) is 2.67. The van der Waals surface area contributed by atoms with Gasteiger partial charge in [0.25, 0.3) is 0 Å². The van der Waals surface area contributed by atoms with Crippen LogP contribution in [0.15, 0.2) is 18.2 Å². The number of halogens is 1. The van der Waals surface area contributed by atoms with Crippen LogP contribution >= 0.6 is 0 Å². The van der Waals surface area contributed by atoms with Gasteiger partial charge in [-0.3, -0.25) is 4.79 Å². The van der Waals surface area contributed by atoms with E-state index in [4.69, 9.17) is 4.74 Å². The number of carbonyl (C=O) groups is 1. The van der Waals surface area contributed by atoms with Gasteiger partial charge in [-0.2, -0.15) is 0 Å². The molecule has 0 atom stereocenters. The molecule has 0 unspecified atom stereocenters. The van der Waals surface area contributed by atoms with E-state index in [0.29, 0.717) is 18.0 Å². The summed E-state index contributed by atoms with van der Waals surface area (Å²) >= 11 is 0. The Morgan fingerprint density at radius 2 is 2.14 bits per heavy atom. The van der Waals surface area contributed by atoms with E-state index in [9.17, 15) is 9.18 Å².